The minimum Gasteiger partial charge on any atom is -0.396 e. The van der Waals surface area contributed by atoms with Gasteiger partial charge in [-0.3, -0.25) is 4.90 Å². The van der Waals surface area contributed by atoms with Crippen LogP contribution in [0.2, 0.25) is 0 Å². The Morgan fingerprint density at radius 2 is 1.89 bits per heavy atom. The molecule has 2 heteroatoms. The summed E-state index contributed by atoms with van der Waals surface area (Å²) in [5, 5.41) is 9.10. The van der Waals surface area contributed by atoms with Crippen LogP contribution >= 0.6 is 0 Å². The van der Waals surface area contributed by atoms with E-state index in [1.807, 2.05) is 0 Å². The van der Waals surface area contributed by atoms with Crippen LogP contribution in [0, 0.1) is 11.8 Å². The molecule has 0 bridgehead atoms. The lowest BCUT2D eigenvalue weighted by atomic mass is 9.88. The monoisotopic (exact) mass is 247 g/mol. The summed E-state index contributed by atoms with van der Waals surface area (Å²) in [6.07, 6.45) is 3.77. The summed E-state index contributed by atoms with van der Waals surface area (Å²) in [7, 11) is 0. The summed E-state index contributed by atoms with van der Waals surface area (Å²) in [6, 6.07) is 10.7. The molecule has 2 nitrogen and oxygen atoms in total. The van der Waals surface area contributed by atoms with Crippen LogP contribution in [-0.4, -0.2) is 29.7 Å². The Morgan fingerprint density at radius 3 is 2.50 bits per heavy atom. The van der Waals surface area contributed by atoms with Gasteiger partial charge in [0.2, 0.25) is 0 Å². The van der Waals surface area contributed by atoms with Gasteiger partial charge in [-0.15, -0.1) is 0 Å². The van der Waals surface area contributed by atoms with Crippen molar-refractivity contribution in [3.05, 3.63) is 35.9 Å². The minimum absolute atomic E-state index is 0.338. The van der Waals surface area contributed by atoms with Gasteiger partial charge in [-0.1, -0.05) is 37.3 Å². The smallest absolute Gasteiger partial charge is 0.0456 e. The lowest BCUT2D eigenvalue weighted by Gasteiger charge is -2.32. The fraction of sp³-hybridized carbons (Fsp3) is 0.625. The summed E-state index contributed by atoms with van der Waals surface area (Å²) in [5.41, 5.74) is 1.42. The molecule has 0 radical (unpaired) electrons. The van der Waals surface area contributed by atoms with E-state index in [1.165, 1.54) is 37.9 Å². The number of hydrogen-bond donors (Lipinski definition) is 1. The normalized spacial score (nSPS) is 19.9. The molecule has 1 aliphatic rings. The molecule has 0 spiro atoms. The topological polar surface area (TPSA) is 23.5 Å². The predicted octanol–water partition coefficient (Wildman–Crippen LogP) is 2.92. The third kappa shape index (κ3) is 4.11. The van der Waals surface area contributed by atoms with Crippen molar-refractivity contribution in [3.8, 4) is 0 Å². The highest BCUT2D eigenvalue weighted by Crippen LogP contribution is 2.24. The molecule has 1 aliphatic heterocycles. The number of likely N-dealkylation sites (tertiary alicyclic amines) is 1. The zero-order valence-corrected chi connectivity index (χ0v) is 11.4. The van der Waals surface area contributed by atoms with Gasteiger partial charge in [-0.25, -0.2) is 0 Å². The van der Waals surface area contributed by atoms with Crippen LogP contribution in [0.15, 0.2) is 30.3 Å². The van der Waals surface area contributed by atoms with E-state index in [0.29, 0.717) is 12.5 Å². The maximum Gasteiger partial charge on any atom is 0.0456 e. The highest BCUT2D eigenvalue weighted by molar-refractivity contribution is 5.14. The van der Waals surface area contributed by atoms with Gasteiger partial charge in [-0.05, 0) is 49.8 Å². The first-order valence-electron chi connectivity index (χ1n) is 7.15. The van der Waals surface area contributed by atoms with Crippen molar-refractivity contribution in [1.82, 2.24) is 4.90 Å². The Balaban J connectivity index is 1.73. The molecule has 1 aromatic carbocycles. The Labute approximate surface area is 111 Å². The number of hydrogen-bond acceptors (Lipinski definition) is 2. The van der Waals surface area contributed by atoms with E-state index in [1.54, 1.807) is 0 Å². The van der Waals surface area contributed by atoms with Gasteiger partial charge in [0, 0.05) is 13.2 Å². The SMILES string of the molecule is CC(CO)CC1CCN(Cc2ccccc2)CC1. The highest BCUT2D eigenvalue weighted by atomic mass is 16.3. The predicted molar refractivity (Wildman–Crippen MR) is 75.3 cm³/mol. The third-order valence-corrected chi connectivity index (χ3v) is 4.00. The van der Waals surface area contributed by atoms with E-state index in [9.17, 15) is 0 Å². The first-order valence-corrected chi connectivity index (χ1v) is 7.15. The van der Waals surface area contributed by atoms with Crippen LogP contribution < -0.4 is 0 Å². The molecular formula is C16H25NO. The van der Waals surface area contributed by atoms with Crippen molar-refractivity contribution in [3.63, 3.8) is 0 Å². The van der Waals surface area contributed by atoms with Crippen molar-refractivity contribution in [2.75, 3.05) is 19.7 Å². The van der Waals surface area contributed by atoms with Gasteiger partial charge in [-0.2, -0.15) is 0 Å². The molecule has 0 amide bonds. The van der Waals surface area contributed by atoms with E-state index in [0.717, 1.165) is 12.5 Å². The molecule has 1 saturated heterocycles. The number of piperidine rings is 1. The lowest BCUT2D eigenvalue weighted by Crippen LogP contribution is -2.33. The molecule has 0 aliphatic carbocycles. The van der Waals surface area contributed by atoms with Crippen LogP contribution in [0.1, 0.15) is 31.7 Å². The van der Waals surface area contributed by atoms with Crippen molar-refractivity contribution >= 4 is 0 Å². The van der Waals surface area contributed by atoms with Crippen molar-refractivity contribution in [2.24, 2.45) is 11.8 Å². The van der Waals surface area contributed by atoms with Crippen molar-refractivity contribution in [2.45, 2.75) is 32.7 Å². The summed E-state index contributed by atoms with van der Waals surface area (Å²) in [5.74, 6) is 1.29. The molecular weight excluding hydrogens is 222 g/mol. The fourth-order valence-electron chi connectivity index (χ4n) is 2.87. The van der Waals surface area contributed by atoms with Crippen molar-refractivity contribution < 1.29 is 5.11 Å². The van der Waals surface area contributed by atoms with Gasteiger partial charge >= 0.3 is 0 Å². The number of benzene rings is 1. The molecule has 1 aromatic rings. The average molecular weight is 247 g/mol. The number of rotatable bonds is 5. The van der Waals surface area contributed by atoms with Crippen LogP contribution in [0.3, 0.4) is 0 Å². The standard InChI is InChI=1S/C16H25NO/c1-14(13-18)11-15-7-9-17(10-8-15)12-16-5-3-2-4-6-16/h2-6,14-15,18H,7-13H2,1H3. The molecule has 1 N–H and O–H groups in total. The molecule has 1 unspecified atom stereocenters. The molecule has 1 atom stereocenters. The second-order valence-corrected chi connectivity index (χ2v) is 5.73. The second kappa shape index (κ2) is 6.91. The maximum atomic E-state index is 9.10. The van der Waals surface area contributed by atoms with Gasteiger partial charge < -0.3 is 5.11 Å². The third-order valence-electron chi connectivity index (χ3n) is 4.00. The van der Waals surface area contributed by atoms with E-state index in [4.69, 9.17) is 5.11 Å². The Bertz CT molecular complexity index is 330. The van der Waals surface area contributed by atoms with E-state index >= 15 is 0 Å². The minimum atomic E-state index is 0.338. The Hall–Kier alpha value is -0.860. The molecule has 1 fully saturated rings. The molecule has 2 rings (SSSR count). The van der Waals surface area contributed by atoms with E-state index in [-0.39, 0.29) is 0 Å². The molecule has 18 heavy (non-hydrogen) atoms. The first kappa shape index (κ1) is 13.6. The first-order chi connectivity index (χ1) is 8.78. The Kier molecular flexibility index (Phi) is 5.21. The van der Waals surface area contributed by atoms with Crippen molar-refractivity contribution in [1.29, 1.82) is 0 Å². The zero-order valence-electron chi connectivity index (χ0n) is 11.4. The molecule has 1 heterocycles. The van der Waals surface area contributed by atoms with Gasteiger partial charge in [0.25, 0.3) is 0 Å². The number of aliphatic hydroxyl groups excluding tert-OH is 1. The maximum absolute atomic E-state index is 9.10. The van der Waals surface area contributed by atoms with Crippen LogP contribution in [0.4, 0.5) is 0 Å². The summed E-state index contributed by atoms with van der Waals surface area (Å²) < 4.78 is 0. The van der Waals surface area contributed by atoms with E-state index in [2.05, 4.69) is 42.2 Å². The fourth-order valence-corrected chi connectivity index (χ4v) is 2.87. The molecule has 100 valence electrons. The quantitative estimate of drug-likeness (QED) is 0.865. The number of nitrogens with zero attached hydrogens (tertiary/aromatic N) is 1. The van der Waals surface area contributed by atoms with Gasteiger partial charge in [0.05, 0.1) is 0 Å². The lowest BCUT2D eigenvalue weighted by molar-refractivity contribution is 0.145. The molecule has 0 aromatic heterocycles. The summed E-state index contributed by atoms with van der Waals surface area (Å²) >= 11 is 0. The van der Waals surface area contributed by atoms with E-state index < -0.39 is 0 Å². The highest BCUT2D eigenvalue weighted by Gasteiger charge is 2.20. The number of aliphatic hydroxyl groups is 1. The largest absolute Gasteiger partial charge is 0.396 e. The summed E-state index contributed by atoms with van der Waals surface area (Å²) in [6.45, 7) is 5.99. The summed E-state index contributed by atoms with van der Waals surface area (Å²) in [4.78, 5) is 2.55. The van der Waals surface area contributed by atoms with Gasteiger partial charge in [0.15, 0.2) is 0 Å². The second-order valence-electron chi connectivity index (χ2n) is 5.73. The van der Waals surface area contributed by atoms with Crippen LogP contribution in [0.25, 0.3) is 0 Å². The average Bonchev–Trinajstić information content (AvgIpc) is 2.42. The van der Waals surface area contributed by atoms with Crippen LogP contribution in [-0.2, 0) is 6.54 Å². The zero-order chi connectivity index (χ0) is 12.8. The van der Waals surface area contributed by atoms with Crippen LogP contribution in [0.5, 0.6) is 0 Å². The van der Waals surface area contributed by atoms with Gasteiger partial charge in [0.1, 0.15) is 0 Å². The molecule has 0 saturated carbocycles. The Morgan fingerprint density at radius 1 is 1.22 bits per heavy atom.